The third-order valence-electron chi connectivity index (χ3n) is 5.75. The summed E-state index contributed by atoms with van der Waals surface area (Å²) in [5.41, 5.74) is 4.88. The van der Waals surface area contributed by atoms with Crippen molar-refractivity contribution >= 4 is 17.6 Å². The Kier molecular flexibility index (Phi) is 10.9. The maximum absolute atomic E-state index is 10.9. The zero-order valence-electron chi connectivity index (χ0n) is 23.0. The zero-order valence-corrected chi connectivity index (χ0v) is 22.0. The predicted octanol–water partition coefficient (Wildman–Crippen LogP) is 5.58. The van der Waals surface area contributed by atoms with Gasteiger partial charge in [-0.05, 0) is 24.3 Å². The summed E-state index contributed by atoms with van der Waals surface area (Å²) in [6.07, 6.45) is 18.2. The van der Waals surface area contributed by atoms with E-state index < -0.39 is 0 Å². The lowest BCUT2D eigenvalue weighted by Gasteiger charge is -2.09. The fourth-order valence-corrected chi connectivity index (χ4v) is 3.83. The zero-order chi connectivity index (χ0) is 28.9. The van der Waals surface area contributed by atoms with Crippen LogP contribution in [0, 0.1) is 0 Å². The van der Waals surface area contributed by atoms with E-state index in [1.165, 1.54) is 6.20 Å². The summed E-state index contributed by atoms with van der Waals surface area (Å²) in [5.74, 6) is 1.07. The highest BCUT2D eigenvalue weighted by Gasteiger charge is 2.07. The van der Waals surface area contributed by atoms with Crippen molar-refractivity contribution in [3.8, 4) is 11.5 Å². The van der Waals surface area contributed by atoms with Gasteiger partial charge in [-0.25, -0.2) is 9.97 Å². The molecule has 1 N–H and O–H groups in total. The van der Waals surface area contributed by atoms with Gasteiger partial charge in [0.1, 0.15) is 36.0 Å². The summed E-state index contributed by atoms with van der Waals surface area (Å²) in [7, 11) is 0. The first-order chi connectivity index (χ1) is 20.2. The molecule has 0 saturated carbocycles. The van der Waals surface area contributed by atoms with Gasteiger partial charge in [0.2, 0.25) is 0 Å². The van der Waals surface area contributed by atoms with Gasteiger partial charge in [0, 0.05) is 67.6 Å². The lowest BCUT2D eigenvalue weighted by atomic mass is 10.2. The van der Waals surface area contributed by atoms with E-state index in [0.29, 0.717) is 37.2 Å². The molecule has 0 aliphatic carbocycles. The van der Waals surface area contributed by atoms with Gasteiger partial charge in [-0.15, -0.1) is 0 Å². The number of nitrogens with zero attached hydrogens (tertiary/aromatic N) is 6. The summed E-state index contributed by atoms with van der Waals surface area (Å²) >= 11 is 0. The third kappa shape index (κ3) is 7.52. The van der Waals surface area contributed by atoms with Gasteiger partial charge in [-0.2, -0.15) is 0 Å². The van der Waals surface area contributed by atoms with Crippen LogP contribution in [0.1, 0.15) is 49.7 Å². The highest BCUT2D eigenvalue weighted by Crippen LogP contribution is 2.19. The SMILES string of the molecule is C.O=Cc1ccncc1OCc1cccn2ccnc12.OCc1ccncc1OCc1cccn2ccnc12.[2H]CC. The number of ether oxygens (including phenoxy) is 2. The monoisotopic (exact) mass is 555 g/mol. The average molecular weight is 556 g/mol. The number of pyridine rings is 4. The van der Waals surface area contributed by atoms with Crippen molar-refractivity contribution in [3.63, 3.8) is 0 Å². The van der Waals surface area contributed by atoms with Gasteiger partial charge in [-0.1, -0.05) is 33.4 Å². The third-order valence-corrected chi connectivity index (χ3v) is 5.75. The van der Waals surface area contributed by atoms with Crippen molar-refractivity contribution in [1.29, 1.82) is 0 Å². The van der Waals surface area contributed by atoms with E-state index in [9.17, 15) is 9.90 Å². The van der Waals surface area contributed by atoms with Crippen molar-refractivity contribution in [1.82, 2.24) is 28.7 Å². The van der Waals surface area contributed by atoms with Crippen molar-refractivity contribution < 1.29 is 20.7 Å². The van der Waals surface area contributed by atoms with Crippen LogP contribution in [0.4, 0.5) is 0 Å². The second-order valence-corrected chi connectivity index (χ2v) is 8.13. The first-order valence-corrected chi connectivity index (χ1v) is 12.5. The van der Waals surface area contributed by atoms with Crippen LogP contribution in [0.5, 0.6) is 11.5 Å². The number of carbonyl (C=O) groups excluding carboxylic acids is 1. The van der Waals surface area contributed by atoms with E-state index in [2.05, 4.69) is 19.9 Å². The second kappa shape index (κ2) is 15.5. The van der Waals surface area contributed by atoms with Gasteiger partial charge in [0.25, 0.3) is 0 Å². The molecule has 0 radical (unpaired) electrons. The molecule has 0 bridgehead atoms. The molecule has 0 atom stereocenters. The Balaban J connectivity index is 0.000000207. The van der Waals surface area contributed by atoms with Crippen LogP contribution in [0.25, 0.3) is 11.3 Å². The standard InChI is InChI=1S/C14H13N3O2.C14H11N3O2.C2H6.CH4/c2*18-9-11-3-4-15-8-13(11)19-10-12-2-1-6-17-7-5-16-14(12)17;1-2;/h1-8,18H,9-10H2;1-9H,10H2;1-2H3;1H4/i;;1D;. The summed E-state index contributed by atoms with van der Waals surface area (Å²) in [5, 5.41) is 9.23. The number of fused-ring (bicyclic) bond motifs is 2. The quantitative estimate of drug-likeness (QED) is 0.242. The molecule has 6 heterocycles. The first-order valence-electron chi connectivity index (χ1n) is 13.2. The maximum Gasteiger partial charge on any atom is 0.153 e. The number of aldehydes is 1. The lowest BCUT2D eigenvalue weighted by molar-refractivity contribution is 0.111. The largest absolute Gasteiger partial charge is 0.487 e. The van der Waals surface area contributed by atoms with Crippen LogP contribution in [-0.2, 0) is 19.8 Å². The smallest absolute Gasteiger partial charge is 0.153 e. The number of hydrogen-bond donors (Lipinski definition) is 1. The molecule has 10 heteroatoms. The van der Waals surface area contributed by atoms with E-state index in [1.807, 2.05) is 57.9 Å². The summed E-state index contributed by atoms with van der Waals surface area (Å²) < 4.78 is 21.4. The maximum atomic E-state index is 10.9. The van der Waals surface area contributed by atoms with Crippen molar-refractivity contribution in [3.05, 3.63) is 121 Å². The van der Waals surface area contributed by atoms with E-state index in [-0.39, 0.29) is 14.0 Å². The van der Waals surface area contributed by atoms with Crippen LogP contribution in [-0.4, -0.2) is 40.1 Å². The van der Waals surface area contributed by atoms with Gasteiger partial charge in [-0.3, -0.25) is 14.8 Å². The molecule has 0 aromatic carbocycles. The van der Waals surface area contributed by atoms with Crippen LogP contribution in [0.2, 0.25) is 0 Å². The topological polar surface area (TPSA) is 116 Å². The average Bonchev–Trinajstić information content (AvgIpc) is 3.70. The highest BCUT2D eigenvalue weighted by molar-refractivity contribution is 5.78. The van der Waals surface area contributed by atoms with Crippen LogP contribution >= 0.6 is 0 Å². The molecular weight excluding hydrogens is 520 g/mol. The Morgan fingerprint density at radius 2 is 1.34 bits per heavy atom. The first kappa shape index (κ1) is 28.9. The highest BCUT2D eigenvalue weighted by atomic mass is 16.5. The molecule has 0 spiro atoms. The van der Waals surface area contributed by atoms with E-state index >= 15 is 0 Å². The Morgan fingerprint density at radius 1 is 0.805 bits per heavy atom. The lowest BCUT2D eigenvalue weighted by Crippen LogP contribution is -2.01. The Morgan fingerprint density at radius 3 is 1.90 bits per heavy atom. The summed E-state index contributed by atoms with van der Waals surface area (Å²) in [4.78, 5) is 27.4. The Hall–Kier alpha value is -5.09. The Labute approximate surface area is 240 Å². The van der Waals surface area contributed by atoms with Gasteiger partial charge in [0.15, 0.2) is 6.29 Å². The normalized spacial score (nSPS) is 10.3. The minimum atomic E-state index is -0.0641. The molecule has 0 saturated heterocycles. The van der Waals surface area contributed by atoms with Gasteiger partial charge >= 0.3 is 0 Å². The number of carbonyl (C=O) groups is 1. The van der Waals surface area contributed by atoms with E-state index in [4.69, 9.17) is 10.8 Å². The molecular formula is C31H34N6O4. The number of aliphatic hydroxyl groups is 1. The number of aromatic nitrogens is 6. The molecule has 10 nitrogen and oxygen atoms in total. The molecule has 0 aliphatic heterocycles. The van der Waals surface area contributed by atoms with Crippen molar-refractivity contribution in [2.24, 2.45) is 0 Å². The molecule has 6 rings (SSSR count). The molecule has 6 aromatic heterocycles. The Bertz CT molecular complexity index is 1690. The second-order valence-electron chi connectivity index (χ2n) is 8.13. The fraction of sp³-hybridized carbons (Fsp3) is 0.194. The van der Waals surface area contributed by atoms with Crippen LogP contribution in [0.15, 0.2) is 98.4 Å². The van der Waals surface area contributed by atoms with Crippen LogP contribution in [0.3, 0.4) is 0 Å². The van der Waals surface area contributed by atoms with Gasteiger partial charge in [0.05, 0.1) is 24.6 Å². The molecule has 0 amide bonds. The molecule has 6 aromatic rings. The van der Waals surface area contributed by atoms with E-state index in [1.54, 1.807) is 50.0 Å². The number of aliphatic hydroxyl groups excluding tert-OH is 1. The molecule has 212 valence electrons. The molecule has 0 unspecified atom stereocenters. The minimum absolute atomic E-state index is 0. The summed E-state index contributed by atoms with van der Waals surface area (Å²) in [6.45, 7) is 2.96. The predicted molar refractivity (Wildman–Crippen MR) is 157 cm³/mol. The number of rotatable bonds is 8. The van der Waals surface area contributed by atoms with E-state index in [0.717, 1.165) is 34.3 Å². The molecule has 0 fully saturated rings. The molecule has 0 aliphatic rings. The molecule has 41 heavy (non-hydrogen) atoms. The van der Waals surface area contributed by atoms with Crippen molar-refractivity contribution in [2.45, 2.75) is 41.1 Å². The summed E-state index contributed by atoms with van der Waals surface area (Å²) in [6, 6.07) is 11.2. The van der Waals surface area contributed by atoms with Crippen molar-refractivity contribution in [2.75, 3.05) is 0 Å². The number of hydrogen-bond acceptors (Lipinski definition) is 8. The number of imidazole rings is 2. The van der Waals surface area contributed by atoms with Gasteiger partial charge < -0.3 is 23.4 Å². The fourth-order valence-electron chi connectivity index (χ4n) is 3.83. The minimum Gasteiger partial charge on any atom is -0.487 e. The van der Waals surface area contributed by atoms with Crippen LogP contribution < -0.4 is 9.47 Å².